The van der Waals surface area contributed by atoms with Crippen LogP contribution in [-0.2, 0) is 11.3 Å². The van der Waals surface area contributed by atoms with E-state index >= 15 is 0 Å². The molecular weight excluding hydrogens is 546 g/mol. The Bertz CT molecular complexity index is 1240. The topological polar surface area (TPSA) is 65.5 Å². The number of hydrogen-bond donors (Lipinski definition) is 1. The Morgan fingerprint density at radius 3 is 2.14 bits per heavy atom. The van der Waals surface area contributed by atoms with Gasteiger partial charge in [-0.1, -0.05) is 0 Å². The molecule has 2 aromatic carbocycles. The van der Waals surface area contributed by atoms with Crippen molar-refractivity contribution in [2.24, 2.45) is 23.7 Å². The molecule has 8 heteroatoms. The number of methoxy groups -OCH3 is 2. The molecule has 42 heavy (non-hydrogen) atoms. The average molecular weight is 592 g/mol. The Balaban J connectivity index is 1.04. The Morgan fingerprint density at radius 2 is 1.50 bits per heavy atom. The van der Waals surface area contributed by atoms with Crippen LogP contribution < -0.4 is 9.47 Å². The Labute approximate surface area is 254 Å². The third-order valence-electron chi connectivity index (χ3n) is 10.9. The molecule has 7 nitrogen and oxygen atoms in total. The van der Waals surface area contributed by atoms with Gasteiger partial charge in [0, 0.05) is 61.0 Å². The monoisotopic (exact) mass is 591 g/mol. The number of nitrogens with zero attached hydrogens (tertiary/aromatic N) is 3. The molecule has 1 N–H and O–H groups in total. The normalized spacial score (nSPS) is 32.8. The lowest BCUT2D eigenvalue weighted by Gasteiger charge is -2.58. The van der Waals surface area contributed by atoms with Crippen molar-refractivity contribution in [3.63, 3.8) is 0 Å². The summed E-state index contributed by atoms with van der Waals surface area (Å²) in [6.45, 7) is 4.97. The summed E-state index contributed by atoms with van der Waals surface area (Å²) in [6, 6.07) is 14.1. The number of rotatable bonds is 8. The van der Waals surface area contributed by atoms with Crippen molar-refractivity contribution >= 4 is 17.7 Å². The molecule has 2 saturated heterocycles. The van der Waals surface area contributed by atoms with E-state index in [-0.39, 0.29) is 22.9 Å². The summed E-state index contributed by atoms with van der Waals surface area (Å²) in [6.07, 6.45) is 8.06. The van der Waals surface area contributed by atoms with Crippen LogP contribution >= 0.6 is 11.8 Å². The van der Waals surface area contributed by atoms with Crippen molar-refractivity contribution in [3.05, 3.63) is 48.0 Å². The summed E-state index contributed by atoms with van der Waals surface area (Å²) >= 11 is 1.83. The third-order valence-corrected chi connectivity index (χ3v) is 12.1. The fourth-order valence-corrected chi connectivity index (χ4v) is 10.4. The van der Waals surface area contributed by atoms with Gasteiger partial charge in [-0.05, 0) is 105 Å². The van der Waals surface area contributed by atoms with Gasteiger partial charge in [0.2, 0.25) is 5.91 Å². The Morgan fingerprint density at radius 1 is 0.857 bits per heavy atom. The quantitative estimate of drug-likeness (QED) is 0.458. The van der Waals surface area contributed by atoms with E-state index in [9.17, 15) is 9.90 Å². The molecule has 8 rings (SSSR count). The number of carbonyl (C=O) groups excluding carboxylic acids is 1. The second kappa shape index (κ2) is 11.9. The van der Waals surface area contributed by atoms with Crippen LogP contribution in [0, 0.1) is 23.7 Å². The zero-order valence-electron chi connectivity index (χ0n) is 25.0. The molecule has 6 aliphatic rings. The van der Waals surface area contributed by atoms with Crippen LogP contribution in [-0.4, -0.2) is 90.0 Å². The lowest BCUT2D eigenvalue weighted by molar-refractivity contribution is -0.140. The van der Waals surface area contributed by atoms with Crippen molar-refractivity contribution in [2.75, 3.05) is 46.9 Å². The number of carbonyl (C=O) groups is 1. The highest BCUT2D eigenvalue weighted by atomic mass is 32.2. The van der Waals surface area contributed by atoms with Crippen LogP contribution in [0.3, 0.4) is 0 Å². The van der Waals surface area contributed by atoms with E-state index in [1.165, 1.54) is 37.0 Å². The van der Waals surface area contributed by atoms with E-state index in [2.05, 4.69) is 26.8 Å². The minimum absolute atomic E-state index is 0.195. The molecular formula is C34H45N3O4S. The Kier molecular flexibility index (Phi) is 8.05. The summed E-state index contributed by atoms with van der Waals surface area (Å²) in [5.74, 6) is 5.83. The van der Waals surface area contributed by atoms with E-state index in [1.54, 1.807) is 26.4 Å². The van der Waals surface area contributed by atoms with E-state index in [0.717, 1.165) is 85.9 Å². The maximum absolute atomic E-state index is 14.2. The minimum Gasteiger partial charge on any atom is -0.508 e. The van der Waals surface area contributed by atoms with Crippen molar-refractivity contribution in [1.29, 1.82) is 0 Å². The van der Waals surface area contributed by atoms with Gasteiger partial charge in [0.05, 0.1) is 20.3 Å². The van der Waals surface area contributed by atoms with Gasteiger partial charge in [-0.15, -0.1) is 11.8 Å². The smallest absolute Gasteiger partial charge is 0.240 e. The summed E-state index contributed by atoms with van der Waals surface area (Å²) in [7, 11) is 3.33. The molecule has 226 valence electrons. The van der Waals surface area contributed by atoms with Crippen molar-refractivity contribution in [3.8, 4) is 17.2 Å². The number of benzene rings is 2. The van der Waals surface area contributed by atoms with Gasteiger partial charge >= 0.3 is 0 Å². The van der Waals surface area contributed by atoms with Crippen LogP contribution in [0.4, 0.5) is 0 Å². The van der Waals surface area contributed by atoms with Crippen LogP contribution in [0.5, 0.6) is 17.2 Å². The predicted octanol–water partition coefficient (Wildman–Crippen LogP) is 5.11. The summed E-state index contributed by atoms with van der Waals surface area (Å²) in [5.41, 5.74) is 0.800. The van der Waals surface area contributed by atoms with Gasteiger partial charge in [-0.25, -0.2) is 0 Å². The number of ether oxygens (including phenoxy) is 2. The van der Waals surface area contributed by atoms with Crippen LogP contribution in [0.2, 0.25) is 0 Å². The standard InChI is InChI=1S/C34H45N3O4S/c1-40-27-3-6-29(7-4-27)42-30-19-31(37(21-30)20-26-18-28(41-2)5-8-32(26)38)34(39)36-11-9-35(10-12-36)33-24-14-22-13-23(16-24)17-25(33)15-22/h3-8,18,22-25,30-31,33,38H,9-17,19-21H2,1-2H3/t22?,23?,24?,25?,30-,31-,33?/m0/s1. The molecule has 4 saturated carbocycles. The molecule has 0 spiro atoms. The number of phenols is 1. The summed E-state index contributed by atoms with van der Waals surface area (Å²) < 4.78 is 10.8. The zero-order valence-corrected chi connectivity index (χ0v) is 25.8. The second-order valence-electron chi connectivity index (χ2n) is 13.4. The predicted molar refractivity (Wildman–Crippen MR) is 165 cm³/mol. The lowest BCUT2D eigenvalue weighted by atomic mass is 9.54. The first-order chi connectivity index (χ1) is 20.5. The van der Waals surface area contributed by atoms with Crippen LogP contribution in [0.25, 0.3) is 0 Å². The lowest BCUT2D eigenvalue weighted by Crippen LogP contribution is -2.61. The number of aromatic hydroxyl groups is 1. The van der Waals surface area contributed by atoms with Gasteiger partial charge in [0.25, 0.3) is 0 Å². The minimum atomic E-state index is -0.195. The van der Waals surface area contributed by atoms with E-state index < -0.39 is 0 Å². The molecule has 4 bridgehead atoms. The number of piperazine rings is 1. The largest absolute Gasteiger partial charge is 0.508 e. The first-order valence-corrected chi connectivity index (χ1v) is 16.8. The molecule has 2 atom stereocenters. The molecule has 2 aliphatic heterocycles. The van der Waals surface area contributed by atoms with Gasteiger partial charge in [-0.2, -0.15) is 0 Å². The maximum atomic E-state index is 14.2. The van der Waals surface area contributed by atoms with Crippen LogP contribution in [0.1, 0.15) is 44.1 Å². The van der Waals surface area contributed by atoms with Gasteiger partial charge in [0.1, 0.15) is 17.2 Å². The summed E-state index contributed by atoms with van der Waals surface area (Å²) in [5, 5.41) is 10.9. The highest BCUT2D eigenvalue weighted by molar-refractivity contribution is 8.00. The first-order valence-electron chi connectivity index (χ1n) is 15.9. The number of likely N-dealkylation sites (tertiary alicyclic amines) is 1. The number of amides is 1. The third kappa shape index (κ3) is 5.62. The van der Waals surface area contributed by atoms with Gasteiger partial charge < -0.3 is 19.5 Å². The highest BCUT2D eigenvalue weighted by Gasteiger charge is 2.50. The van der Waals surface area contributed by atoms with Crippen molar-refractivity contribution in [1.82, 2.24) is 14.7 Å². The highest BCUT2D eigenvalue weighted by Crippen LogP contribution is 2.55. The average Bonchev–Trinajstić information content (AvgIpc) is 3.40. The molecule has 0 radical (unpaired) electrons. The SMILES string of the molecule is COc1ccc(S[C@H]2C[C@@H](C(=O)N3CCN(C4C5CC6CC(C5)CC4C6)CC3)N(Cc3cc(OC)ccc3O)C2)cc1. The van der Waals surface area contributed by atoms with Crippen molar-refractivity contribution < 1.29 is 19.4 Å². The molecule has 0 unspecified atom stereocenters. The molecule has 2 heterocycles. The van der Waals surface area contributed by atoms with Gasteiger partial charge in [0.15, 0.2) is 0 Å². The fourth-order valence-electron chi connectivity index (χ4n) is 9.20. The number of phenolic OH excluding ortho intramolecular Hbond substituents is 1. The first kappa shape index (κ1) is 28.4. The van der Waals surface area contributed by atoms with E-state index in [4.69, 9.17) is 9.47 Å². The van der Waals surface area contributed by atoms with Crippen LogP contribution in [0.15, 0.2) is 47.4 Å². The maximum Gasteiger partial charge on any atom is 0.240 e. The zero-order chi connectivity index (χ0) is 28.8. The number of hydrogen-bond acceptors (Lipinski definition) is 7. The fraction of sp³-hybridized carbons (Fsp3) is 0.618. The molecule has 6 fully saturated rings. The molecule has 1 amide bonds. The summed E-state index contributed by atoms with van der Waals surface area (Å²) in [4.78, 5) is 22.5. The molecule has 4 aliphatic carbocycles. The number of thioether (sulfide) groups is 1. The van der Waals surface area contributed by atoms with Gasteiger partial charge in [-0.3, -0.25) is 14.6 Å². The molecule has 0 aromatic heterocycles. The molecule has 2 aromatic rings. The Hall–Kier alpha value is -2.42. The second-order valence-corrected chi connectivity index (χ2v) is 14.7. The van der Waals surface area contributed by atoms with E-state index in [1.807, 2.05) is 30.0 Å². The van der Waals surface area contributed by atoms with E-state index in [0.29, 0.717) is 6.54 Å². The van der Waals surface area contributed by atoms with Crippen molar-refractivity contribution in [2.45, 2.75) is 67.3 Å².